The monoisotopic (exact) mass is 380 g/mol. The third kappa shape index (κ3) is 6.54. The topological polar surface area (TPSA) is 24.1 Å². The van der Waals surface area contributed by atoms with Gasteiger partial charge in [-0.1, -0.05) is 61.2 Å². The molecule has 0 aliphatic carbocycles. The van der Waals surface area contributed by atoms with E-state index >= 15 is 0 Å². The Balaban J connectivity index is 1.52. The van der Waals surface area contributed by atoms with Gasteiger partial charge in [-0.25, -0.2) is 0 Å². The molecule has 0 fully saturated rings. The first-order valence-corrected chi connectivity index (χ1v) is 9.99. The zero-order valence-electron chi connectivity index (χ0n) is 16.9. The molecule has 0 spiro atoms. The molecule has 3 aromatic carbocycles. The normalized spacial score (nSPS) is 11.4. The van der Waals surface area contributed by atoms with Gasteiger partial charge in [-0.05, 0) is 79.4 Å². The van der Waals surface area contributed by atoms with Gasteiger partial charge in [0.15, 0.2) is 0 Å². The fraction of sp³-hybridized carbons (Fsp3) is 0.111. The zero-order valence-corrected chi connectivity index (χ0v) is 16.9. The van der Waals surface area contributed by atoms with Crippen molar-refractivity contribution in [3.63, 3.8) is 0 Å². The van der Waals surface area contributed by atoms with E-state index in [4.69, 9.17) is 0 Å². The molecule has 0 atom stereocenters. The molecule has 146 valence electrons. The Morgan fingerprint density at radius 2 is 1.31 bits per heavy atom. The summed E-state index contributed by atoms with van der Waals surface area (Å²) in [6.07, 6.45) is 9.88. The Kier molecular flexibility index (Phi) is 7.48. The molecule has 0 aromatic heterocycles. The van der Waals surface area contributed by atoms with E-state index in [-0.39, 0.29) is 0 Å². The van der Waals surface area contributed by atoms with E-state index in [2.05, 4.69) is 77.9 Å². The highest BCUT2D eigenvalue weighted by atomic mass is 14.9. The highest BCUT2D eigenvalue weighted by Crippen LogP contribution is 2.18. The SMILES string of the molecule is C=C/C(=C\C=C/C)Nc1ccc(CCc2ccc(Nc3ccccc3)cc2)cc1. The molecule has 2 N–H and O–H groups in total. The van der Waals surface area contributed by atoms with Gasteiger partial charge < -0.3 is 10.6 Å². The van der Waals surface area contributed by atoms with Crippen molar-refractivity contribution in [1.29, 1.82) is 0 Å². The summed E-state index contributed by atoms with van der Waals surface area (Å²) in [5.41, 5.74) is 6.95. The Morgan fingerprint density at radius 1 is 0.759 bits per heavy atom. The maximum absolute atomic E-state index is 3.85. The molecule has 3 rings (SSSR count). The lowest BCUT2D eigenvalue weighted by Crippen LogP contribution is -1.97. The number of allylic oxidation sites excluding steroid dienone is 4. The van der Waals surface area contributed by atoms with E-state index in [9.17, 15) is 0 Å². The molecular formula is C27H28N2. The smallest absolute Gasteiger partial charge is 0.0384 e. The molecule has 29 heavy (non-hydrogen) atoms. The van der Waals surface area contributed by atoms with Crippen LogP contribution in [0.5, 0.6) is 0 Å². The quantitative estimate of drug-likeness (QED) is 0.381. The second-order valence-corrected chi connectivity index (χ2v) is 6.86. The van der Waals surface area contributed by atoms with E-state index < -0.39 is 0 Å². The number of rotatable bonds is 9. The van der Waals surface area contributed by atoms with Gasteiger partial charge in [0.25, 0.3) is 0 Å². The minimum Gasteiger partial charge on any atom is -0.356 e. The number of anilines is 3. The standard InChI is InChI=1S/C27H28N2/c1-3-5-9-24(4-2)28-26-18-14-22(15-19-26)12-13-23-16-20-27(21-17-23)29-25-10-7-6-8-11-25/h3-11,14-21,28-29H,2,12-13H2,1H3/b5-3-,24-9+. The summed E-state index contributed by atoms with van der Waals surface area (Å²) < 4.78 is 0. The van der Waals surface area contributed by atoms with Crippen LogP contribution in [0.4, 0.5) is 17.1 Å². The summed E-state index contributed by atoms with van der Waals surface area (Å²) in [5.74, 6) is 0. The second kappa shape index (κ2) is 10.7. The van der Waals surface area contributed by atoms with E-state index in [1.54, 1.807) is 0 Å². The average molecular weight is 381 g/mol. The van der Waals surface area contributed by atoms with Crippen molar-refractivity contribution in [2.75, 3.05) is 10.6 Å². The molecule has 0 aliphatic rings. The number of benzene rings is 3. The third-order valence-electron chi connectivity index (χ3n) is 4.65. The zero-order chi connectivity index (χ0) is 20.3. The average Bonchev–Trinajstić information content (AvgIpc) is 2.78. The van der Waals surface area contributed by atoms with Gasteiger partial charge in [0.2, 0.25) is 0 Å². The van der Waals surface area contributed by atoms with Crippen LogP contribution in [-0.4, -0.2) is 0 Å². The van der Waals surface area contributed by atoms with E-state index in [0.29, 0.717) is 0 Å². The largest absolute Gasteiger partial charge is 0.356 e. The summed E-state index contributed by atoms with van der Waals surface area (Å²) in [7, 11) is 0. The molecule has 2 nitrogen and oxygen atoms in total. The highest BCUT2D eigenvalue weighted by Gasteiger charge is 1.99. The maximum Gasteiger partial charge on any atom is 0.0384 e. The first-order chi connectivity index (χ1) is 14.3. The van der Waals surface area contributed by atoms with Gasteiger partial charge in [0, 0.05) is 22.8 Å². The number of hydrogen-bond donors (Lipinski definition) is 2. The first-order valence-electron chi connectivity index (χ1n) is 9.99. The summed E-state index contributed by atoms with van der Waals surface area (Å²) in [5, 5.41) is 6.80. The first kappa shape index (κ1) is 20.2. The number of hydrogen-bond acceptors (Lipinski definition) is 2. The van der Waals surface area contributed by atoms with Gasteiger partial charge in [0.05, 0.1) is 0 Å². The lowest BCUT2D eigenvalue weighted by atomic mass is 10.0. The van der Waals surface area contributed by atoms with Gasteiger partial charge in [-0.2, -0.15) is 0 Å². The molecule has 3 aromatic rings. The van der Waals surface area contributed by atoms with Crippen molar-refractivity contribution in [1.82, 2.24) is 0 Å². The van der Waals surface area contributed by atoms with E-state index in [0.717, 1.165) is 35.6 Å². The Hall–Kier alpha value is -3.52. The molecule has 0 saturated carbocycles. The summed E-state index contributed by atoms with van der Waals surface area (Å²) >= 11 is 0. The molecule has 0 saturated heterocycles. The van der Waals surface area contributed by atoms with Crippen LogP contribution in [-0.2, 0) is 12.8 Å². The summed E-state index contributed by atoms with van der Waals surface area (Å²) in [6, 6.07) is 27.5. The van der Waals surface area contributed by atoms with Crippen LogP contribution in [0, 0.1) is 0 Å². The van der Waals surface area contributed by atoms with E-state index in [1.165, 1.54) is 11.1 Å². The van der Waals surface area contributed by atoms with Crippen molar-refractivity contribution in [2.45, 2.75) is 19.8 Å². The van der Waals surface area contributed by atoms with Crippen LogP contribution >= 0.6 is 0 Å². The van der Waals surface area contributed by atoms with Crippen LogP contribution in [0.25, 0.3) is 0 Å². The van der Waals surface area contributed by atoms with Crippen molar-refractivity contribution >= 4 is 17.1 Å². The predicted octanol–water partition coefficient (Wildman–Crippen LogP) is 7.27. The Morgan fingerprint density at radius 3 is 1.86 bits per heavy atom. The lowest BCUT2D eigenvalue weighted by molar-refractivity contribution is 0.961. The van der Waals surface area contributed by atoms with Crippen molar-refractivity contribution in [3.05, 3.63) is 127 Å². The molecule has 0 amide bonds. The fourth-order valence-electron chi connectivity index (χ4n) is 3.01. The maximum atomic E-state index is 3.85. The molecule has 0 aliphatic heterocycles. The Bertz CT molecular complexity index is 950. The van der Waals surface area contributed by atoms with Gasteiger partial charge in [-0.3, -0.25) is 0 Å². The number of nitrogens with one attached hydrogen (secondary N) is 2. The van der Waals surface area contributed by atoms with Crippen LogP contribution in [0.2, 0.25) is 0 Å². The van der Waals surface area contributed by atoms with Crippen LogP contribution < -0.4 is 10.6 Å². The van der Waals surface area contributed by atoms with Crippen LogP contribution in [0.1, 0.15) is 18.1 Å². The molecule has 0 heterocycles. The van der Waals surface area contributed by atoms with Crippen molar-refractivity contribution in [3.8, 4) is 0 Å². The van der Waals surface area contributed by atoms with Crippen LogP contribution in [0.15, 0.2) is 115 Å². The molecule has 0 unspecified atom stereocenters. The third-order valence-corrected chi connectivity index (χ3v) is 4.65. The second-order valence-electron chi connectivity index (χ2n) is 6.86. The van der Waals surface area contributed by atoms with Gasteiger partial charge in [-0.15, -0.1) is 0 Å². The molecule has 0 bridgehead atoms. The minimum absolute atomic E-state index is 0.986. The highest BCUT2D eigenvalue weighted by molar-refractivity contribution is 5.59. The van der Waals surface area contributed by atoms with Crippen molar-refractivity contribution in [2.24, 2.45) is 0 Å². The van der Waals surface area contributed by atoms with Crippen LogP contribution in [0.3, 0.4) is 0 Å². The summed E-state index contributed by atoms with van der Waals surface area (Å²) in [6.45, 7) is 5.85. The molecular weight excluding hydrogens is 352 g/mol. The van der Waals surface area contributed by atoms with Gasteiger partial charge in [0.1, 0.15) is 0 Å². The van der Waals surface area contributed by atoms with Crippen molar-refractivity contribution < 1.29 is 0 Å². The number of aryl methyl sites for hydroxylation is 2. The summed E-state index contributed by atoms with van der Waals surface area (Å²) in [4.78, 5) is 0. The molecule has 0 radical (unpaired) electrons. The van der Waals surface area contributed by atoms with E-state index in [1.807, 2.05) is 49.4 Å². The lowest BCUT2D eigenvalue weighted by Gasteiger charge is -2.09. The number of para-hydroxylation sites is 1. The van der Waals surface area contributed by atoms with Gasteiger partial charge >= 0.3 is 0 Å². The Labute approximate surface area is 174 Å². The molecule has 2 heteroatoms. The predicted molar refractivity (Wildman–Crippen MR) is 127 cm³/mol. The minimum atomic E-state index is 0.986. The fourth-order valence-corrected chi connectivity index (χ4v) is 3.01.